The summed E-state index contributed by atoms with van der Waals surface area (Å²) < 4.78 is 67.5. The molecule has 160 valence electrons. The lowest BCUT2D eigenvalue weighted by Crippen LogP contribution is -2.26. The molecule has 5 heteroatoms. The monoisotopic (exact) mass is 428 g/mol. The number of rotatable bonds is 4. The molecule has 4 rings (SSSR count). The molecular weight excluding hydrogens is 407 g/mol. The summed E-state index contributed by atoms with van der Waals surface area (Å²) in [6.45, 7) is 1.97. The fraction of sp³-hybridized carbons (Fsp3) is 0.231. The zero-order valence-corrected chi connectivity index (χ0v) is 17.0. The highest BCUT2D eigenvalue weighted by Gasteiger charge is 2.25. The third kappa shape index (κ3) is 4.41. The second-order valence-corrected chi connectivity index (χ2v) is 7.82. The van der Waals surface area contributed by atoms with Crippen LogP contribution in [0.25, 0.3) is 11.6 Å². The van der Waals surface area contributed by atoms with Crippen LogP contribution in [-0.4, -0.2) is 6.18 Å². The Hall–Kier alpha value is -2.95. The van der Waals surface area contributed by atoms with Crippen molar-refractivity contribution >= 4 is 11.6 Å². The Balaban J connectivity index is 2.00. The van der Waals surface area contributed by atoms with E-state index in [0.29, 0.717) is 34.8 Å². The Bertz CT molecular complexity index is 1240. The first kappa shape index (κ1) is 21.3. The number of benzene rings is 3. The van der Waals surface area contributed by atoms with Crippen molar-refractivity contribution in [1.29, 1.82) is 0 Å². The lowest BCUT2D eigenvalue weighted by atomic mass is 9.82. The maximum absolute atomic E-state index is 14.8. The molecule has 0 aliphatic heterocycles. The van der Waals surface area contributed by atoms with Crippen molar-refractivity contribution in [1.82, 2.24) is 0 Å². The van der Waals surface area contributed by atoms with Crippen LogP contribution in [0.15, 0.2) is 54.6 Å². The first-order chi connectivity index (χ1) is 14.8. The minimum atomic E-state index is -4.40. The molecule has 3 aromatic carbocycles. The quantitative estimate of drug-likeness (QED) is 0.360. The number of hydrogen-bond donors (Lipinski definition) is 0. The minimum Gasteiger partial charge on any atom is -0.207 e. The van der Waals surface area contributed by atoms with Crippen molar-refractivity contribution in [3.8, 4) is 0 Å². The molecule has 0 unspecified atom stereocenters. The predicted octanol–water partition coefficient (Wildman–Crippen LogP) is 5.80. The summed E-state index contributed by atoms with van der Waals surface area (Å²) >= 11 is 0. The molecular formula is C26H21F5. The summed E-state index contributed by atoms with van der Waals surface area (Å²) in [5, 5.41) is 0.519. The number of aryl methyl sites for hydroxylation is 1. The zero-order valence-electron chi connectivity index (χ0n) is 17.0. The Morgan fingerprint density at radius 2 is 1.65 bits per heavy atom. The number of halogens is 5. The predicted molar refractivity (Wildman–Crippen MR) is 112 cm³/mol. The van der Waals surface area contributed by atoms with Crippen LogP contribution >= 0.6 is 0 Å². The largest absolute Gasteiger partial charge is 0.392 e. The van der Waals surface area contributed by atoms with Crippen molar-refractivity contribution in [3.63, 3.8) is 0 Å². The fourth-order valence-electron chi connectivity index (χ4n) is 4.17. The van der Waals surface area contributed by atoms with Crippen LogP contribution in [0.4, 0.5) is 22.0 Å². The van der Waals surface area contributed by atoms with Crippen molar-refractivity contribution < 1.29 is 22.0 Å². The van der Waals surface area contributed by atoms with Gasteiger partial charge >= 0.3 is 6.18 Å². The Morgan fingerprint density at radius 3 is 2.32 bits per heavy atom. The maximum Gasteiger partial charge on any atom is 0.392 e. The summed E-state index contributed by atoms with van der Waals surface area (Å²) in [6.07, 6.45) is -2.92. The summed E-state index contributed by atoms with van der Waals surface area (Å²) in [5.74, 6) is -1.02. The van der Waals surface area contributed by atoms with E-state index in [1.165, 1.54) is 18.2 Å². The van der Waals surface area contributed by atoms with Gasteiger partial charge in [0.05, 0.1) is 6.42 Å². The van der Waals surface area contributed by atoms with Crippen LogP contribution < -0.4 is 10.4 Å². The normalized spacial score (nSPS) is 13.9. The van der Waals surface area contributed by atoms with Gasteiger partial charge in [0.1, 0.15) is 11.6 Å². The van der Waals surface area contributed by atoms with Crippen LogP contribution in [0.2, 0.25) is 0 Å². The molecule has 0 spiro atoms. The van der Waals surface area contributed by atoms with E-state index in [2.05, 4.69) is 0 Å². The van der Waals surface area contributed by atoms with Gasteiger partial charge in [-0.3, -0.25) is 0 Å². The van der Waals surface area contributed by atoms with Gasteiger partial charge in [-0.25, -0.2) is 8.78 Å². The molecule has 0 saturated heterocycles. The zero-order chi connectivity index (χ0) is 22.2. The lowest BCUT2D eigenvalue weighted by molar-refractivity contribution is -0.122. The van der Waals surface area contributed by atoms with Gasteiger partial charge in [-0.15, -0.1) is 0 Å². The van der Waals surface area contributed by atoms with Crippen LogP contribution in [0, 0.1) is 11.6 Å². The third-order valence-corrected chi connectivity index (χ3v) is 5.55. The van der Waals surface area contributed by atoms with E-state index >= 15 is 0 Å². The van der Waals surface area contributed by atoms with Gasteiger partial charge < -0.3 is 0 Å². The molecule has 0 atom stereocenters. The van der Waals surface area contributed by atoms with Gasteiger partial charge in [-0.2, -0.15) is 13.2 Å². The van der Waals surface area contributed by atoms with Gasteiger partial charge in [0.2, 0.25) is 0 Å². The highest BCUT2D eigenvalue weighted by Crippen LogP contribution is 2.31. The standard InChI is InChI=1S/C26H21F5/c1-2-6-17-11-19-13-20-12-18(9-10-26(29,30)31)24(28)15-22(20)25(21(19)14-23(17)27)16-7-4-3-5-8-16/h3-5,7-9,11-12,14-15H,2,6,10,13H2,1H3/b18-9-. The van der Waals surface area contributed by atoms with Crippen molar-refractivity contribution in [3.05, 3.63) is 104 Å². The SMILES string of the molecule is CCCc1cc2c(cc1F)C(c1ccccc1)=c1cc(F)/c(=C\CC(F)(F)F)cc1C2. The molecule has 0 saturated carbocycles. The van der Waals surface area contributed by atoms with E-state index in [9.17, 15) is 22.0 Å². The second-order valence-electron chi connectivity index (χ2n) is 7.82. The summed E-state index contributed by atoms with van der Waals surface area (Å²) in [7, 11) is 0. The van der Waals surface area contributed by atoms with Crippen molar-refractivity contribution in [2.75, 3.05) is 0 Å². The Labute approximate surface area is 177 Å². The fourth-order valence-corrected chi connectivity index (χ4v) is 4.17. The summed E-state index contributed by atoms with van der Waals surface area (Å²) in [4.78, 5) is 0. The van der Waals surface area contributed by atoms with Crippen LogP contribution in [0.5, 0.6) is 0 Å². The number of hydrogen-bond acceptors (Lipinski definition) is 0. The molecule has 0 amide bonds. The maximum atomic E-state index is 14.8. The van der Waals surface area contributed by atoms with Gasteiger partial charge in [0.25, 0.3) is 0 Å². The van der Waals surface area contributed by atoms with Gasteiger partial charge in [0, 0.05) is 5.22 Å². The van der Waals surface area contributed by atoms with E-state index in [-0.39, 0.29) is 11.0 Å². The highest BCUT2D eigenvalue weighted by atomic mass is 19.4. The van der Waals surface area contributed by atoms with E-state index in [1.54, 1.807) is 0 Å². The average Bonchev–Trinajstić information content (AvgIpc) is 2.72. The minimum absolute atomic E-state index is 0.0668. The highest BCUT2D eigenvalue weighted by molar-refractivity contribution is 5.83. The summed E-state index contributed by atoms with van der Waals surface area (Å²) in [6, 6.07) is 15.4. The molecule has 1 aliphatic carbocycles. The van der Waals surface area contributed by atoms with E-state index < -0.39 is 18.4 Å². The smallest absolute Gasteiger partial charge is 0.207 e. The first-order valence-electron chi connectivity index (χ1n) is 10.2. The summed E-state index contributed by atoms with van der Waals surface area (Å²) in [5.41, 5.74) is 4.43. The van der Waals surface area contributed by atoms with Gasteiger partial charge in [-0.05, 0) is 69.6 Å². The van der Waals surface area contributed by atoms with E-state index in [0.717, 1.165) is 29.2 Å². The average molecular weight is 428 g/mol. The van der Waals surface area contributed by atoms with E-state index in [1.807, 2.05) is 43.3 Å². The molecule has 0 radical (unpaired) electrons. The Kier molecular flexibility index (Phi) is 5.69. The molecule has 31 heavy (non-hydrogen) atoms. The molecule has 3 aromatic rings. The van der Waals surface area contributed by atoms with Crippen LogP contribution in [0.3, 0.4) is 0 Å². The number of fused-ring (bicyclic) bond motifs is 2. The van der Waals surface area contributed by atoms with Gasteiger partial charge in [-0.1, -0.05) is 55.8 Å². The van der Waals surface area contributed by atoms with Crippen molar-refractivity contribution in [2.45, 2.75) is 38.8 Å². The van der Waals surface area contributed by atoms with E-state index in [4.69, 9.17) is 0 Å². The molecule has 0 aromatic heterocycles. The van der Waals surface area contributed by atoms with Crippen LogP contribution in [0.1, 0.15) is 47.6 Å². The molecule has 0 nitrogen and oxygen atoms in total. The molecule has 0 bridgehead atoms. The molecule has 0 heterocycles. The number of alkyl halides is 3. The first-order valence-corrected chi connectivity index (χ1v) is 10.2. The molecule has 0 fully saturated rings. The van der Waals surface area contributed by atoms with Crippen molar-refractivity contribution in [2.24, 2.45) is 0 Å². The topological polar surface area (TPSA) is 0 Å². The second kappa shape index (κ2) is 8.29. The Morgan fingerprint density at radius 1 is 0.903 bits per heavy atom. The molecule has 0 N–H and O–H groups in total. The van der Waals surface area contributed by atoms with Gasteiger partial charge in [0.15, 0.2) is 0 Å². The molecule has 1 aliphatic rings. The third-order valence-electron chi connectivity index (χ3n) is 5.55. The van der Waals surface area contributed by atoms with Crippen LogP contribution in [-0.2, 0) is 12.8 Å². The lowest BCUT2D eigenvalue weighted by Gasteiger charge is -2.22.